The molecular weight excluding hydrogens is 300 g/mol. The lowest BCUT2D eigenvalue weighted by molar-refractivity contribution is 0.537. The molecule has 3 rings (SSSR count). The maximum absolute atomic E-state index is 4.57. The SMILES string of the molecule is CC(C)c1cnc(CC(C)c2ncc(CC(C)n3ccnc3)[nH]2)[nH]1. The number of imidazole rings is 3. The van der Waals surface area contributed by atoms with Gasteiger partial charge in [-0.3, -0.25) is 0 Å². The molecule has 2 atom stereocenters. The molecule has 0 aliphatic carbocycles. The lowest BCUT2D eigenvalue weighted by atomic mass is 10.1. The quantitative estimate of drug-likeness (QED) is 0.696. The molecule has 2 N–H and O–H groups in total. The molecule has 2 unspecified atom stereocenters. The molecule has 3 aromatic heterocycles. The van der Waals surface area contributed by atoms with E-state index in [1.807, 2.05) is 31.1 Å². The Hall–Kier alpha value is -2.37. The first-order valence-electron chi connectivity index (χ1n) is 8.58. The van der Waals surface area contributed by atoms with Crippen molar-refractivity contribution in [2.75, 3.05) is 0 Å². The summed E-state index contributed by atoms with van der Waals surface area (Å²) in [7, 11) is 0. The van der Waals surface area contributed by atoms with E-state index < -0.39 is 0 Å². The molecule has 0 fully saturated rings. The van der Waals surface area contributed by atoms with Gasteiger partial charge in [0.05, 0.1) is 6.33 Å². The molecule has 0 aliphatic heterocycles. The molecule has 0 saturated heterocycles. The number of hydrogen-bond acceptors (Lipinski definition) is 3. The largest absolute Gasteiger partial charge is 0.346 e. The number of aromatic amines is 2. The predicted molar refractivity (Wildman–Crippen MR) is 94.0 cm³/mol. The molecule has 128 valence electrons. The average molecular weight is 326 g/mol. The number of nitrogens with zero attached hydrogens (tertiary/aromatic N) is 4. The summed E-state index contributed by atoms with van der Waals surface area (Å²) in [5, 5.41) is 0. The fourth-order valence-electron chi connectivity index (χ4n) is 2.85. The Labute approximate surface area is 142 Å². The van der Waals surface area contributed by atoms with Crippen LogP contribution in [-0.4, -0.2) is 29.5 Å². The van der Waals surface area contributed by atoms with Crippen molar-refractivity contribution >= 4 is 0 Å². The molecule has 0 spiro atoms. The van der Waals surface area contributed by atoms with Gasteiger partial charge in [0.25, 0.3) is 0 Å². The number of rotatable bonds is 7. The third kappa shape index (κ3) is 3.75. The molecule has 0 bridgehead atoms. The van der Waals surface area contributed by atoms with Crippen molar-refractivity contribution < 1.29 is 0 Å². The number of H-pyrrole nitrogens is 2. The van der Waals surface area contributed by atoms with E-state index in [1.165, 1.54) is 5.69 Å². The van der Waals surface area contributed by atoms with Gasteiger partial charge in [-0.2, -0.15) is 0 Å². The zero-order chi connectivity index (χ0) is 17.1. The molecule has 6 heteroatoms. The van der Waals surface area contributed by atoms with Crippen LogP contribution in [0.15, 0.2) is 31.1 Å². The van der Waals surface area contributed by atoms with E-state index in [0.717, 1.165) is 30.2 Å². The average Bonchev–Trinajstić information content (AvgIpc) is 3.28. The summed E-state index contributed by atoms with van der Waals surface area (Å²) in [6.07, 6.45) is 11.3. The molecular formula is C18H26N6. The monoisotopic (exact) mass is 326 g/mol. The van der Waals surface area contributed by atoms with E-state index in [1.54, 1.807) is 0 Å². The van der Waals surface area contributed by atoms with E-state index in [2.05, 4.69) is 57.2 Å². The van der Waals surface area contributed by atoms with Crippen LogP contribution in [0.5, 0.6) is 0 Å². The first kappa shape index (κ1) is 16.5. The van der Waals surface area contributed by atoms with Crippen LogP contribution < -0.4 is 0 Å². The van der Waals surface area contributed by atoms with Crippen LogP contribution in [0.3, 0.4) is 0 Å². The fourth-order valence-corrected chi connectivity index (χ4v) is 2.85. The van der Waals surface area contributed by atoms with Crippen LogP contribution >= 0.6 is 0 Å². The van der Waals surface area contributed by atoms with Gasteiger partial charge in [-0.1, -0.05) is 20.8 Å². The van der Waals surface area contributed by atoms with E-state index in [0.29, 0.717) is 17.9 Å². The standard InChI is InChI=1S/C18H26N6/c1-12(2)16-10-20-17(23-16)7-13(3)18-21-9-15(22-18)8-14(4)24-6-5-19-11-24/h5-6,9-14H,7-8H2,1-4H3,(H,20,23)(H,21,22). The van der Waals surface area contributed by atoms with Crippen molar-refractivity contribution in [2.45, 2.75) is 58.4 Å². The Bertz CT molecular complexity index is 752. The maximum Gasteiger partial charge on any atom is 0.109 e. The molecule has 3 aromatic rings. The van der Waals surface area contributed by atoms with Crippen LogP contribution in [0.2, 0.25) is 0 Å². The highest BCUT2D eigenvalue weighted by Gasteiger charge is 2.15. The number of aromatic nitrogens is 6. The normalized spacial score (nSPS) is 14.2. The van der Waals surface area contributed by atoms with Gasteiger partial charge in [0.2, 0.25) is 0 Å². The Morgan fingerprint density at radius 3 is 2.54 bits per heavy atom. The number of nitrogens with one attached hydrogen (secondary N) is 2. The summed E-state index contributed by atoms with van der Waals surface area (Å²) < 4.78 is 2.11. The van der Waals surface area contributed by atoms with Gasteiger partial charge in [0.15, 0.2) is 0 Å². The van der Waals surface area contributed by atoms with Crippen molar-refractivity contribution in [3.05, 3.63) is 54.2 Å². The third-order valence-corrected chi connectivity index (χ3v) is 4.43. The van der Waals surface area contributed by atoms with E-state index in [9.17, 15) is 0 Å². The highest BCUT2D eigenvalue weighted by Crippen LogP contribution is 2.20. The van der Waals surface area contributed by atoms with Gasteiger partial charge in [0, 0.05) is 61.0 Å². The summed E-state index contributed by atoms with van der Waals surface area (Å²) in [6, 6.07) is 0.356. The summed E-state index contributed by atoms with van der Waals surface area (Å²) in [6.45, 7) is 8.70. The third-order valence-electron chi connectivity index (χ3n) is 4.43. The minimum atomic E-state index is 0.300. The van der Waals surface area contributed by atoms with Gasteiger partial charge >= 0.3 is 0 Å². The molecule has 0 saturated carbocycles. The first-order chi connectivity index (χ1) is 11.5. The van der Waals surface area contributed by atoms with E-state index in [4.69, 9.17) is 0 Å². The molecule has 6 nitrogen and oxygen atoms in total. The molecule has 24 heavy (non-hydrogen) atoms. The lowest BCUT2D eigenvalue weighted by Crippen LogP contribution is -2.07. The van der Waals surface area contributed by atoms with Crippen LogP contribution in [0.25, 0.3) is 0 Å². The Balaban J connectivity index is 1.61. The fraction of sp³-hybridized carbons (Fsp3) is 0.500. The second-order valence-corrected chi connectivity index (χ2v) is 6.90. The van der Waals surface area contributed by atoms with Crippen LogP contribution in [0, 0.1) is 0 Å². The van der Waals surface area contributed by atoms with Crippen molar-refractivity contribution in [3.8, 4) is 0 Å². The van der Waals surface area contributed by atoms with Gasteiger partial charge in [-0.25, -0.2) is 15.0 Å². The van der Waals surface area contributed by atoms with E-state index in [-0.39, 0.29) is 0 Å². The second kappa shape index (κ2) is 7.03. The van der Waals surface area contributed by atoms with Crippen LogP contribution in [0.4, 0.5) is 0 Å². The molecule has 0 aromatic carbocycles. The van der Waals surface area contributed by atoms with Crippen LogP contribution in [0.1, 0.15) is 68.6 Å². The zero-order valence-corrected chi connectivity index (χ0v) is 14.8. The van der Waals surface area contributed by atoms with Crippen molar-refractivity contribution in [3.63, 3.8) is 0 Å². The van der Waals surface area contributed by atoms with Gasteiger partial charge < -0.3 is 14.5 Å². The smallest absolute Gasteiger partial charge is 0.109 e. The van der Waals surface area contributed by atoms with E-state index >= 15 is 0 Å². The Morgan fingerprint density at radius 1 is 1.04 bits per heavy atom. The summed E-state index contributed by atoms with van der Waals surface area (Å²) >= 11 is 0. The van der Waals surface area contributed by atoms with Gasteiger partial charge in [-0.15, -0.1) is 0 Å². The molecule has 0 amide bonds. The molecule has 0 radical (unpaired) electrons. The summed E-state index contributed by atoms with van der Waals surface area (Å²) in [4.78, 5) is 20.0. The highest BCUT2D eigenvalue weighted by molar-refractivity contribution is 5.11. The minimum absolute atomic E-state index is 0.300. The van der Waals surface area contributed by atoms with Crippen molar-refractivity contribution in [2.24, 2.45) is 0 Å². The lowest BCUT2D eigenvalue weighted by Gasteiger charge is -2.11. The second-order valence-electron chi connectivity index (χ2n) is 6.90. The van der Waals surface area contributed by atoms with Crippen LogP contribution in [-0.2, 0) is 12.8 Å². The predicted octanol–water partition coefficient (Wildman–Crippen LogP) is 3.60. The topological polar surface area (TPSA) is 75.2 Å². The zero-order valence-electron chi connectivity index (χ0n) is 14.8. The molecule has 3 heterocycles. The van der Waals surface area contributed by atoms with Crippen molar-refractivity contribution in [1.82, 2.24) is 29.5 Å². The Kier molecular flexibility index (Phi) is 4.83. The van der Waals surface area contributed by atoms with Crippen molar-refractivity contribution in [1.29, 1.82) is 0 Å². The van der Waals surface area contributed by atoms with Gasteiger partial charge in [0.1, 0.15) is 11.6 Å². The Morgan fingerprint density at radius 2 is 1.88 bits per heavy atom. The van der Waals surface area contributed by atoms with Gasteiger partial charge in [-0.05, 0) is 12.8 Å². The minimum Gasteiger partial charge on any atom is -0.346 e. The summed E-state index contributed by atoms with van der Waals surface area (Å²) in [5.74, 6) is 2.82. The summed E-state index contributed by atoms with van der Waals surface area (Å²) in [5.41, 5.74) is 2.34. The number of hydrogen-bond donors (Lipinski definition) is 2. The maximum atomic E-state index is 4.57. The first-order valence-corrected chi connectivity index (χ1v) is 8.58. The molecule has 0 aliphatic rings. The highest BCUT2D eigenvalue weighted by atomic mass is 15.0.